The Morgan fingerprint density at radius 3 is 2.78 bits per heavy atom. The van der Waals surface area contributed by atoms with Crippen molar-refractivity contribution in [2.75, 3.05) is 25.5 Å². The highest BCUT2D eigenvalue weighted by atomic mass is 16.1. The number of hydrogen-bond donors (Lipinski definition) is 1. The molecule has 0 radical (unpaired) electrons. The molecule has 1 amide bonds. The number of anilines is 1. The molecule has 124 valence electrons. The molecule has 0 fully saturated rings. The SMILES string of the molecule is CN(C)c1cccc(C(=O)NCCCCCCn2ccnc2)c1. The van der Waals surface area contributed by atoms with E-state index in [1.807, 2.05) is 55.8 Å². The Morgan fingerprint density at radius 1 is 1.22 bits per heavy atom. The van der Waals surface area contributed by atoms with E-state index >= 15 is 0 Å². The fourth-order valence-electron chi connectivity index (χ4n) is 2.42. The van der Waals surface area contributed by atoms with E-state index in [4.69, 9.17) is 0 Å². The molecule has 0 saturated carbocycles. The minimum atomic E-state index is 0.00659. The van der Waals surface area contributed by atoms with Crippen LogP contribution in [0.1, 0.15) is 36.0 Å². The summed E-state index contributed by atoms with van der Waals surface area (Å²) in [5.41, 5.74) is 1.76. The summed E-state index contributed by atoms with van der Waals surface area (Å²) in [5, 5.41) is 3.00. The lowest BCUT2D eigenvalue weighted by atomic mass is 10.1. The number of nitrogens with zero attached hydrogens (tertiary/aromatic N) is 3. The van der Waals surface area contributed by atoms with Crippen LogP contribution in [0.15, 0.2) is 43.0 Å². The van der Waals surface area contributed by atoms with Gasteiger partial charge in [0.05, 0.1) is 6.33 Å². The first kappa shape index (κ1) is 17.1. The summed E-state index contributed by atoms with van der Waals surface area (Å²) < 4.78 is 2.10. The molecule has 1 aromatic carbocycles. The van der Waals surface area contributed by atoms with Gasteiger partial charge in [-0.3, -0.25) is 4.79 Å². The third kappa shape index (κ3) is 5.77. The van der Waals surface area contributed by atoms with Crippen molar-refractivity contribution in [3.05, 3.63) is 48.5 Å². The molecule has 0 saturated heterocycles. The number of rotatable bonds is 9. The fourth-order valence-corrected chi connectivity index (χ4v) is 2.42. The van der Waals surface area contributed by atoms with Crippen LogP contribution in [0.25, 0.3) is 0 Å². The van der Waals surface area contributed by atoms with Crippen LogP contribution in [0.2, 0.25) is 0 Å². The number of benzene rings is 1. The Kier molecular flexibility index (Phi) is 6.66. The fraction of sp³-hybridized carbons (Fsp3) is 0.444. The molecule has 0 bridgehead atoms. The molecular formula is C18H26N4O. The summed E-state index contributed by atoms with van der Waals surface area (Å²) in [6.07, 6.45) is 10.1. The number of carbonyl (C=O) groups excluding carboxylic acids is 1. The zero-order valence-corrected chi connectivity index (χ0v) is 14.0. The van der Waals surface area contributed by atoms with Gasteiger partial charge in [-0.05, 0) is 31.0 Å². The highest BCUT2D eigenvalue weighted by Crippen LogP contribution is 2.13. The van der Waals surface area contributed by atoms with E-state index in [0.717, 1.165) is 43.6 Å². The first-order valence-corrected chi connectivity index (χ1v) is 8.18. The number of carbonyl (C=O) groups is 1. The van der Waals surface area contributed by atoms with Gasteiger partial charge in [0.15, 0.2) is 0 Å². The lowest BCUT2D eigenvalue weighted by molar-refractivity contribution is 0.0953. The van der Waals surface area contributed by atoms with Crippen molar-refractivity contribution in [1.29, 1.82) is 0 Å². The maximum atomic E-state index is 12.1. The lowest BCUT2D eigenvalue weighted by Gasteiger charge is -2.13. The van der Waals surface area contributed by atoms with Crippen LogP contribution in [-0.2, 0) is 6.54 Å². The van der Waals surface area contributed by atoms with Crippen LogP contribution in [0.4, 0.5) is 5.69 Å². The van der Waals surface area contributed by atoms with Crippen LogP contribution < -0.4 is 10.2 Å². The van der Waals surface area contributed by atoms with Gasteiger partial charge in [0.25, 0.3) is 5.91 Å². The molecule has 0 atom stereocenters. The summed E-state index contributed by atoms with van der Waals surface area (Å²) in [7, 11) is 3.95. The van der Waals surface area contributed by atoms with Crippen molar-refractivity contribution in [3.63, 3.8) is 0 Å². The monoisotopic (exact) mass is 314 g/mol. The Bertz CT molecular complexity index is 593. The third-order valence-electron chi connectivity index (χ3n) is 3.81. The van der Waals surface area contributed by atoms with Gasteiger partial charge < -0.3 is 14.8 Å². The average molecular weight is 314 g/mol. The van der Waals surface area contributed by atoms with Gasteiger partial charge in [0.1, 0.15) is 0 Å². The molecule has 2 rings (SSSR count). The number of amides is 1. The molecular weight excluding hydrogens is 288 g/mol. The quantitative estimate of drug-likeness (QED) is 0.724. The second-order valence-electron chi connectivity index (χ2n) is 5.92. The smallest absolute Gasteiger partial charge is 0.251 e. The van der Waals surface area contributed by atoms with Crippen LogP contribution in [0.5, 0.6) is 0 Å². The summed E-state index contributed by atoms with van der Waals surface area (Å²) in [6, 6.07) is 7.69. The predicted molar refractivity (Wildman–Crippen MR) is 93.8 cm³/mol. The van der Waals surface area contributed by atoms with E-state index in [1.165, 1.54) is 6.42 Å². The van der Waals surface area contributed by atoms with Crippen molar-refractivity contribution < 1.29 is 4.79 Å². The van der Waals surface area contributed by atoms with Crippen molar-refractivity contribution in [2.24, 2.45) is 0 Å². The maximum absolute atomic E-state index is 12.1. The summed E-state index contributed by atoms with van der Waals surface area (Å²) in [5.74, 6) is 0.00659. The number of imidazole rings is 1. The minimum absolute atomic E-state index is 0.00659. The Labute approximate surface area is 138 Å². The molecule has 1 heterocycles. The van der Waals surface area contributed by atoms with E-state index in [0.29, 0.717) is 0 Å². The largest absolute Gasteiger partial charge is 0.378 e. The molecule has 0 aliphatic carbocycles. The second-order valence-corrected chi connectivity index (χ2v) is 5.92. The number of hydrogen-bond acceptors (Lipinski definition) is 3. The van der Waals surface area contributed by atoms with E-state index in [1.54, 1.807) is 6.20 Å². The van der Waals surface area contributed by atoms with Gasteiger partial charge in [-0.2, -0.15) is 0 Å². The van der Waals surface area contributed by atoms with Crippen molar-refractivity contribution >= 4 is 11.6 Å². The molecule has 2 aromatic rings. The molecule has 1 aromatic heterocycles. The molecule has 1 N–H and O–H groups in total. The van der Waals surface area contributed by atoms with E-state index in [2.05, 4.69) is 14.9 Å². The van der Waals surface area contributed by atoms with E-state index in [9.17, 15) is 4.79 Å². The van der Waals surface area contributed by atoms with Gasteiger partial charge in [0.2, 0.25) is 0 Å². The van der Waals surface area contributed by atoms with Crippen molar-refractivity contribution in [1.82, 2.24) is 14.9 Å². The standard InChI is InChI=1S/C18H26N4O/c1-21(2)17-9-7-8-16(14-17)18(23)20-10-5-3-4-6-12-22-13-11-19-15-22/h7-9,11,13-15H,3-6,10,12H2,1-2H3,(H,20,23). The number of aromatic nitrogens is 2. The second kappa shape index (κ2) is 8.98. The van der Waals surface area contributed by atoms with Crippen LogP contribution in [-0.4, -0.2) is 36.1 Å². The maximum Gasteiger partial charge on any atom is 0.251 e. The van der Waals surface area contributed by atoms with Crippen molar-refractivity contribution in [2.45, 2.75) is 32.2 Å². The molecule has 23 heavy (non-hydrogen) atoms. The Hall–Kier alpha value is -2.30. The van der Waals surface area contributed by atoms with Crippen molar-refractivity contribution in [3.8, 4) is 0 Å². The van der Waals surface area contributed by atoms with Crippen LogP contribution in [0.3, 0.4) is 0 Å². The molecule has 0 spiro atoms. The first-order valence-electron chi connectivity index (χ1n) is 8.18. The topological polar surface area (TPSA) is 50.2 Å². The number of nitrogens with one attached hydrogen (secondary N) is 1. The summed E-state index contributed by atoms with van der Waals surface area (Å²) in [4.78, 5) is 18.1. The van der Waals surface area contributed by atoms with Gasteiger partial charge in [-0.15, -0.1) is 0 Å². The number of aryl methyl sites for hydroxylation is 1. The normalized spacial score (nSPS) is 10.5. The number of unbranched alkanes of at least 4 members (excludes halogenated alkanes) is 3. The predicted octanol–water partition coefficient (Wildman–Crippen LogP) is 2.94. The lowest BCUT2D eigenvalue weighted by Crippen LogP contribution is -2.24. The highest BCUT2D eigenvalue weighted by molar-refractivity contribution is 5.95. The van der Waals surface area contributed by atoms with E-state index < -0.39 is 0 Å². The Morgan fingerprint density at radius 2 is 2.04 bits per heavy atom. The van der Waals surface area contributed by atoms with Gasteiger partial charge in [0, 0.05) is 50.8 Å². The van der Waals surface area contributed by atoms with Gasteiger partial charge in [-0.25, -0.2) is 4.98 Å². The zero-order valence-electron chi connectivity index (χ0n) is 14.0. The molecule has 0 unspecified atom stereocenters. The highest BCUT2D eigenvalue weighted by Gasteiger charge is 2.06. The zero-order chi connectivity index (χ0) is 16.5. The first-order chi connectivity index (χ1) is 11.2. The molecule has 5 nitrogen and oxygen atoms in total. The summed E-state index contributed by atoms with van der Waals surface area (Å²) in [6.45, 7) is 1.75. The average Bonchev–Trinajstić information content (AvgIpc) is 3.07. The van der Waals surface area contributed by atoms with Crippen LogP contribution in [0, 0.1) is 0 Å². The van der Waals surface area contributed by atoms with E-state index in [-0.39, 0.29) is 5.91 Å². The molecule has 0 aliphatic heterocycles. The Balaban J connectivity index is 1.60. The molecule has 0 aliphatic rings. The molecule has 5 heteroatoms. The van der Waals surface area contributed by atoms with Gasteiger partial charge in [-0.1, -0.05) is 18.9 Å². The third-order valence-corrected chi connectivity index (χ3v) is 3.81. The van der Waals surface area contributed by atoms with Crippen LogP contribution >= 0.6 is 0 Å². The minimum Gasteiger partial charge on any atom is -0.378 e. The van der Waals surface area contributed by atoms with Gasteiger partial charge >= 0.3 is 0 Å². The summed E-state index contributed by atoms with van der Waals surface area (Å²) >= 11 is 0.